The van der Waals surface area contributed by atoms with Gasteiger partial charge in [0.25, 0.3) is 0 Å². The van der Waals surface area contributed by atoms with Gasteiger partial charge in [0.15, 0.2) is 0 Å². The first-order valence-corrected chi connectivity index (χ1v) is 5.98. The Morgan fingerprint density at radius 1 is 1.44 bits per heavy atom. The predicted molar refractivity (Wildman–Crippen MR) is 66.3 cm³/mol. The van der Waals surface area contributed by atoms with Crippen molar-refractivity contribution in [3.05, 3.63) is 12.3 Å². The number of hydrogen-bond donors (Lipinski definition) is 1. The molecule has 0 bridgehead atoms. The van der Waals surface area contributed by atoms with Gasteiger partial charge in [-0.2, -0.15) is 4.98 Å². The van der Waals surface area contributed by atoms with Crippen LogP contribution in [0.4, 0.5) is 11.8 Å². The molecule has 0 spiro atoms. The molecule has 0 aliphatic heterocycles. The molecule has 1 fully saturated rings. The number of rotatable bonds is 2. The number of anilines is 2. The van der Waals surface area contributed by atoms with Gasteiger partial charge in [0.2, 0.25) is 5.95 Å². The summed E-state index contributed by atoms with van der Waals surface area (Å²) >= 11 is 0. The highest BCUT2D eigenvalue weighted by Gasteiger charge is 2.23. The zero-order valence-corrected chi connectivity index (χ0v) is 10.1. The molecule has 0 amide bonds. The topological polar surface area (TPSA) is 55.0 Å². The third-order valence-corrected chi connectivity index (χ3v) is 3.44. The van der Waals surface area contributed by atoms with Gasteiger partial charge in [-0.05, 0) is 24.8 Å². The van der Waals surface area contributed by atoms with Gasteiger partial charge in [-0.25, -0.2) is 4.98 Å². The molecule has 2 unspecified atom stereocenters. The maximum absolute atomic E-state index is 5.68. The van der Waals surface area contributed by atoms with Crippen molar-refractivity contribution in [2.45, 2.75) is 38.6 Å². The summed E-state index contributed by atoms with van der Waals surface area (Å²) in [6.07, 6.45) is 6.84. The molecule has 2 atom stereocenters. The van der Waals surface area contributed by atoms with Crippen molar-refractivity contribution in [3.8, 4) is 0 Å². The predicted octanol–water partition coefficient (Wildman–Crippen LogP) is 2.07. The van der Waals surface area contributed by atoms with Crippen LogP contribution in [0.1, 0.15) is 32.6 Å². The largest absolute Gasteiger partial charge is 0.384 e. The van der Waals surface area contributed by atoms with E-state index in [4.69, 9.17) is 5.73 Å². The van der Waals surface area contributed by atoms with Crippen LogP contribution >= 0.6 is 0 Å². The van der Waals surface area contributed by atoms with Gasteiger partial charge in [-0.3, -0.25) is 0 Å². The molecular formula is C12H20N4. The Kier molecular flexibility index (Phi) is 3.27. The summed E-state index contributed by atoms with van der Waals surface area (Å²) in [5.74, 6) is 2.10. The van der Waals surface area contributed by atoms with Crippen molar-refractivity contribution in [3.63, 3.8) is 0 Å². The van der Waals surface area contributed by atoms with Gasteiger partial charge in [0.1, 0.15) is 5.82 Å². The summed E-state index contributed by atoms with van der Waals surface area (Å²) in [5.41, 5.74) is 5.68. The second kappa shape index (κ2) is 4.68. The first-order valence-electron chi connectivity index (χ1n) is 5.98. The van der Waals surface area contributed by atoms with Crippen molar-refractivity contribution < 1.29 is 0 Å². The van der Waals surface area contributed by atoms with Crippen LogP contribution in [-0.2, 0) is 0 Å². The van der Waals surface area contributed by atoms with E-state index in [0.29, 0.717) is 11.9 Å². The monoisotopic (exact) mass is 220 g/mol. The van der Waals surface area contributed by atoms with Gasteiger partial charge in [0.05, 0.1) is 0 Å². The molecule has 1 saturated carbocycles. The minimum absolute atomic E-state index is 0.542. The van der Waals surface area contributed by atoms with Crippen LogP contribution in [0.5, 0.6) is 0 Å². The number of aromatic nitrogens is 2. The van der Waals surface area contributed by atoms with E-state index in [1.807, 2.05) is 0 Å². The Morgan fingerprint density at radius 3 is 2.94 bits per heavy atom. The standard InChI is InChI=1S/C12H20N4/c1-9-4-3-5-10(8-9)16(2)12-14-7-6-11(13)15-12/h6-7,9-10H,3-5,8H2,1-2H3,(H2,13,14,15). The third kappa shape index (κ3) is 2.43. The minimum Gasteiger partial charge on any atom is -0.384 e. The summed E-state index contributed by atoms with van der Waals surface area (Å²) < 4.78 is 0. The van der Waals surface area contributed by atoms with Crippen molar-refractivity contribution >= 4 is 11.8 Å². The Hall–Kier alpha value is -1.32. The molecule has 0 saturated heterocycles. The number of nitrogens with zero attached hydrogens (tertiary/aromatic N) is 3. The number of nitrogens with two attached hydrogens (primary N) is 1. The van der Waals surface area contributed by atoms with Crippen LogP contribution in [0.15, 0.2) is 12.3 Å². The van der Waals surface area contributed by atoms with Crippen molar-refractivity contribution in [2.24, 2.45) is 5.92 Å². The van der Waals surface area contributed by atoms with Crippen LogP contribution in [0.3, 0.4) is 0 Å². The lowest BCUT2D eigenvalue weighted by molar-refractivity contribution is 0.334. The third-order valence-electron chi connectivity index (χ3n) is 3.44. The first kappa shape index (κ1) is 11.2. The molecule has 0 radical (unpaired) electrons. The maximum Gasteiger partial charge on any atom is 0.227 e. The van der Waals surface area contributed by atoms with Crippen LogP contribution < -0.4 is 10.6 Å². The molecule has 0 aromatic carbocycles. The molecule has 1 aromatic heterocycles. The van der Waals surface area contributed by atoms with E-state index < -0.39 is 0 Å². The Balaban J connectivity index is 2.09. The van der Waals surface area contributed by atoms with Gasteiger partial charge < -0.3 is 10.6 Å². The average Bonchev–Trinajstić information content (AvgIpc) is 2.28. The molecule has 1 aliphatic carbocycles. The quantitative estimate of drug-likeness (QED) is 0.829. The molecule has 88 valence electrons. The lowest BCUT2D eigenvalue weighted by Gasteiger charge is -2.34. The SMILES string of the molecule is CC1CCCC(N(C)c2nccc(N)n2)C1. The molecule has 16 heavy (non-hydrogen) atoms. The molecule has 1 heterocycles. The smallest absolute Gasteiger partial charge is 0.227 e. The molecule has 2 rings (SSSR count). The second-order valence-corrected chi connectivity index (χ2v) is 4.82. The molecule has 1 aromatic rings. The maximum atomic E-state index is 5.68. The van der Waals surface area contributed by atoms with E-state index in [-0.39, 0.29) is 0 Å². The highest BCUT2D eigenvalue weighted by molar-refractivity contribution is 5.37. The normalized spacial score (nSPS) is 25.4. The van der Waals surface area contributed by atoms with Gasteiger partial charge in [0, 0.05) is 19.3 Å². The molecular weight excluding hydrogens is 200 g/mol. The highest BCUT2D eigenvalue weighted by Crippen LogP contribution is 2.28. The van der Waals surface area contributed by atoms with Crippen molar-refractivity contribution in [2.75, 3.05) is 17.7 Å². The van der Waals surface area contributed by atoms with E-state index in [9.17, 15) is 0 Å². The van der Waals surface area contributed by atoms with Crippen molar-refractivity contribution in [1.82, 2.24) is 9.97 Å². The average molecular weight is 220 g/mol. The zero-order valence-electron chi connectivity index (χ0n) is 10.1. The second-order valence-electron chi connectivity index (χ2n) is 4.82. The van der Waals surface area contributed by atoms with E-state index >= 15 is 0 Å². The van der Waals surface area contributed by atoms with Gasteiger partial charge in [-0.15, -0.1) is 0 Å². The molecule has 4 nitrogen and oxygen atoms in total. The van der Waals surface area contributed by atoms with E-state index in [1.165, 1.54) is 25.7 Å². The Morgan fingerprint density at radius 2 is 2.25 bits per heavy atom. The molecule has 4 heteroatoms. The van der Waals surface area contributed by atoms with Crippen molar-refractivity contribution in [1.29, 1.82) is 0 Å². The Labute approximate surface area is 96.9 Å². The zero-order chi connectivity index (χ0) is 11.5. The minimum atomic E-state index is 0.542. The summed E-state index contributed by atoms with van der Waals surface area (Å²) in [6, 6.07) is 2.28. The van der Waals surface area contributed by atoms with E-state index in [2.05, 4.69) is 28.8 Å². The summed E-state index contributed by atoms with van der Waals surface area (Å²) in [5, 5.41) is 0. The summed E-state index contributed by atoms with van der Waals surface area (Å²) in [6.45, 7) is 2.32. The molecule has 1 aliphatic rings. The fraction of sp³-hybridized carbons (Fsp3) is 0.667. The number of hydrogen-bond acceptors (Lipinski definition) is 4. The first-order chi connectivity index (χ1) is 7.66. The molecule has 2 N–H and O–H groups in total. The van der Waals surface area contributed by atoms with Crippen LogP contribution in [0.25, 0.3) is 0 Å². The van der Waals surface area contributed by atoms with Crippen LogP contribution in [0.2, 0.25) is 0 Å². The van der Waals surface area contributed by atoms with Crippen LogP contribution in [-0.4, -0.2) is 23.1 Å². The van der Waals surface area contributed by atoms with Gasteiger partial charge >= 0.3 is 0 Å². The lowest BCUT2D eigenvalue weighted by Crippen LogP contribution is -2.36. The fourth-order valence-corrected chi connectivity index (χ4v) is 2.45. The summed E-state index contributed by atoms with van der Waals surface area (Å²) in [4.78, 5) is 10.7. The van der Waals surface area contributed by atoms with E-state index in [1.54, 1.807) is 12.3 Å². The van der Waals surface area contributed by atoms with E-state index in [0.717, 1.165) is 11.9 Å². The van der Waals surface area contributed by atoms with Crippen LogP contribution in [0, 0.1) is 5.92 Å². The Bertz CT molecular complexity index is 353. The number of nitrogen functional groups attached to an aromatic ring is 1. The highest BCUT2D eigenvalue weighted by atomic mass is 15.3. The summed E-state index contributed by atoms with van der Waals surface area (Å²) in [7, 11) is 2.07. The fourth-order valence-electron chi connectivity index (χ4n) is 2.45. The van der Waals surface area contributed by atoms with Gasteiger partial charge in [-0.1, -0.05) is 19.8 Å². The lowest BCUT2D eigenvalue weighted by atomic mass is 9.86.